The van der Waals surface area contributed by atoms with Gasteiger partial charge in [0.1, 0.15) is 33.0 Å². The lowest BCUT2D eigenvalue weighted by Gasteiger charge is -2.20. The van der Waals surface area contributed by atoms with Crippen molar-refractivity contribution in [2.45, 2.75) is 41.5 Å². The third-order valence-electron chi connectivity index (χ3n) is 10.00. The van der Waals surface area contributed by atoms with E-state index in [2.05, 4.69) is 31.9 Å². The minimum Gasteiger partial charge on any atom is -0.504 e. The van der Waals surface area contributed by atoms with Gasteiger partial charge in [-0.1, -0.05) is 38.1 Å². The maximum atomic E-state index is 15.1. The summed E-state index contributed by atoms with van der Waals surface area (Å²) >= 11 is 6.41. The number of hydrogen-bond acceptors (Lipinski definition) is 10. The first-order valence-electron chi connectivity index (χ1n) is 19.2. The van der Waals surface area contributed by atoms with Crippen LogP contribution in [0.1, 0.15) is 58.2 Å². The van der Waals surface area contributed by atoms with E-state index < -0.39 is 52.6 Å². The molecule has 328 valence electrons. The van der Waals surface area contributed by atoms with E-state index in [-0.39, 0.29) is 64.8 Å². The number of rotatable bonds is 7. The Kier molecular flexibility index (Phi) is 13.9. The number of phenolic OH excluding ortho intramolecular Hbond substituents is 1. The van der Waals surface area contributed by atoms with Crippen LogP contribution in [0.5, 0.6) is 11.5 Å². The Morgan fingerprint density at radius 1 is 0.688 bits per heavy atom. The van der Waals surface area contributed by atoms with Gasteiger partial charge in [0.2, 0.25) is 17.7 Å². The van der Waals surface area contributed by atoms with Gasteiger partial charge in [-0.05, 0) is 111 Å². The molecule has 2 heterocycles. The largest absolute Gasteiger partial charge is 0.504 e. The number of esters is 1. The first-order valence-corrected chi connectivity index (χ1v) is 20.8. The summed E-state index contributed by atoms with van der Waals surface area (Å²) in [5.41, 5.74) is 3.43. The average Bonchev–Trinajstić information content (AvgIpc) is 3.27. The number of aldehydes is 2. The summed E-state index contributed by atoms with van der Waals surface area (Å²) in [5.74, 6) is -4.93. The molecule has 0 radical (unpaired) electrons. The summed E-state index contributed by atoms with van der Waals surface area (Å²) in [6.45, 7) is 9.61. The molecular formula is C48H34Br2F4O10. The molecular weight excluding hydrogens is 972 g/mol. The van der Waals surface area contributed by atoms with Gasteiger partial charge < -0.3 is 23.4 Å². The highest BCUT2D eigenvalue weighted by molar-refractivity contribution is 9.11. The van der Waals surface area contributed by atoms with E-state index in [1.54, 1.807) is 50.2 Å². The lowest BCUT2D eigenvalue weighted by molar-refractivity contribution is -0.147. The molecule has 0 unspecified atom stereocenters. The molecule has 0 atom stereocenters. The van der Waals surface area contributed by atoms with Gasteiger partial charge in [0.05, 0.1) is 0 Å². The molecule has 16 heteroatoms. The highest BCUT2D eigenvalue weighted by Crippen LogP contribution is 2.48. The van der Waals surface area contributed by atoms with Gasteiger partial charge in [0.25, 0.3) is 0 Å². The summed E-state index contributed by atoms with van der Waals surface area (Å²) in [7, 11) is 0. The van der Waals surface area contributed by atoms with Gasteiger partial charge in [-0.15, -0.1) is 0 Å². The van der Waals surface area contributed by atoms with E-state index in [9.17, 15) is 42.3 Å². The lowest BCUT2D eigenvalue weighted by atomic mass is 9.89. The quantitative estimate of drug-likeness (QED) is 0.0537. The van der Waals surface area contributed by atoms with Crippen molar-refractivity contribution in [2.75, 3.05) is 6.79 Å². The number of phenols is 1. The average molecular weight is 1010 g/mol. The SMILES string of the molecule is CC.CC(=O)OCOc1c(F)cc2c(-c3ccc(C=O)cc3C)c3cc(F)c(=O)c(C)c-3oc2c1Br.Cc1cc(C=O)ccc1-c1c2cc(F)c(=O)cc-2oc2c(Br)c(O)c(F)cc12. The molecule has 0 amide bonds. The fourth-order valence-corrected chi connectivity index (χ4v) is 8.17. The van der Waals surface area contributed by atoms with Crippen LogP contribution in [-0.2, 0) is 9.53 Å². The Hall–Kier alpha value is -6.65. The minimum atomic E-state index is -0.969. The van der Waals surface area contributed by atoms with Crippen molar-refractivity contribution in [1.29, 1.82) is 0 Å². The zero-order valence-electron chi connectivity index (χ0n) is 34.6. The molecule has 64 heavy (non-hydrogen) atoms. The maximum absolute atomic E-state index is 15.1. The second-order valence-electron chi connectivity index (χ2n) is 14.0. The Morgan fingerprint density at radius 2 is 1.22 bits per heavy atom. The van der Waals surface area contributed by atoms with E-state index in [0.29, 0.717) is 57.1 Å². The van der Waals surface area contributed by atoms with Crippen molar-refractivity contribution in [3.8, 4) is 56.4 Å². The molecule has 10 nitrogen and oxygen atoms in total. The summed E-state index contributed by atoms with van der Waals surface area (Å²) < 4.78 is 79.7. The number of benzene rings is 6. The highest BCUT2D eigenvalue weighted by Gasteiger charge is 2.28. The summed E-state index contributed by atoms with van der Waals surface area (Å²) in [4.78, 5) is 57.4. The van der Waals surface area contributed by atoms with Gasteiger partial charge in [-0.2, -0.15) is 0 Å². The second-order valence-corrected chi connectivity index (χ2v) is 15.6. The highest BCUT2D eigenvalue weighted by atomic mass is 79.9. The van der Waals surface area contributed by atoms with E-state index in [4.69, 9.17) is 18.3 Å². The Labute approximate surface area is 378 Å². The van der Waals surface area contributed by atoms with Crippen LogP contribution in [0.2, 0.25) is 0 Å². The molecule has 1 N–H and O–H groups in total. The normalized spacial score (nSPS) is 10.9. The van der Waals surface area contributed by atoms with Crippen molar-refractivity contribution in [3.63, 3.8) is 0 Å². The molecule has 0 spiro atoms. The number of hydrogen-bond donors (Lipinski definition) is 1. The van der Waals surface area contributed by atoms with Crippen molar-refractivity contribution in [1.82, 2.24) is 0 Å². The smallest absolute Gasteiger partial charge is 0.305 e. The van der Waals surface area contributed by atoms with Crippen molar-refractivity contribution >= 4 is 72.3 Å². The molecule has 0 saturated heterocycles. The Bertz CT molecular complexity index is 3250. The molecule has 2 aliphatic heterocycles. The molecule has 4 aromatic carbocycles. The monoisotopic (exact) mass is 1000 g/mol. The van der Waals surface area contributed by atoms with Crippen LogP contribution >= 0.6 is 31.9 Å². The fraction of sp³-hybridized carbons (Fsp3) is 0.146. The van der Waals surface area contributed by atoms with Crippen LogP contribution in [0, 0.1) is 44.0 Å². The molecule has 0 saturated carbocycles. The van der Waals surface area contributed by atoms with Crippen LogP contribution in [0.25, 0.3) is 66.8 Å². The molecule has 4 aromatic rings. The fourth-order valence-electron chi connectivity index (χ4n) is 7.09. The Morgan fingerprint density at radius 3 is 1.77 bits per heavy atom. The van der Waals surface area contributed by atoms with E-state index in [0.717, 1.165) is 30.3 Å². The summed E-state index contributed by atoms with van der Waals surface area (Å²) in [6, 6.07) is 15.2. The maximum Gasteiger partial charge on any atom is 0.305 e. The van der Waals surface area contributed by atoms with Crippen molar-refractivity contribution in [2.24, 2.45) is 0 Å². The predicted molar refractivity (Wildman–Crippen MR) is 240 cm³/mol. The first-order chi connectivity index (χ1) is 30.4. The van der Waals surface area contributed by atoms with Crippen LogP contribution in [0.3, 0.4) is 0 Å². The molecule has 0 aromatic heterocycles. The molecule has 0 bridgehead atoms. The molecule has 4 aliphatic rings. The number of aryl methyl sites for hydroxylation is 2. The summed E-state index contributed by atoms with van der Waals surface area (Å²) in [5, 5.41) is 10.5. The van der Waals surface area contributed by atoms with Gasteiger partial charge in [0.15, 0.2) is 45.9 Å². The molecule has 8 rings (SSSR count). The Balaban J connectivity index is 0.000000208. The van der Waals surface area contributed by atoms with Gasteiger partial charge in [-0.3, -0.25) is 24.0 Å². The molecule has 2 aliphatic carbocycles. The van der Waals surface area contributed by atoms with Crippen LogP contribution in [0.4, 0.5) is 17.6 Å². The number of carbonyl (C=O) groups is 3. The molecule has 0 fully saturated rings. The third kappa shape index (κ3) is 8.67. The number of fused-ring (bicyclic) bond motifs is 4. The zero-order chi connectivity index (χ0) is 46.9. The van der Waals surface area contributed by atoms with Gasteiger partial charge >= 0.3 is 5.97 Å². The van der Waals surface area contributed by atoms with E-state index >= 15 is 4.39 Å². The predicted octanol–water partition coefficient (Wildman–Crippen LogP) is 12.4. The van der Waals surface area contributed by atoms with Gasteiger partial charge in [-0.25, -0.2) is 17.6 Å². The second kappa shape index (κ2) is 19.0. The van der Waals surface area contributed by atoms with E-state index in [1.165, 1.54) is 13.8 Å². The third-order valence-corrected chi connectivity index (χ3v) is 11.5. The summed E-state index contributed by atoms with van der Waals surface area (Å²) in [6.07, 6.45) is 1.40. The van der Waals surface area contributed by atoms with Crippen LogP contribution in [-0.4, -0.2) is 30.4 Å². The first kappa shape index (κ1) is 46.8. The van der Waals surface area contributed by atoms with Gasteiger partial charge in [0, 0.05) is 62.7 Å². The number of carbonyl (C=O) groups excluding carboxylic acids is 3. The number of ether oxygens (including phenoxy) is 2. The van der Waals surface area contributed by atoms with Crippen LogP contribution < -0.4 is 15.6 Å². The van der Waals surface area contributed by atoms with Crippen molar-refractivity contribution in [3.05, 3.63) is 147 Å². The van der Waals surface area contributed by atoms with E-state index in [1.807, 2.05) is 13.8 Å². The number of halogens is 6. The van der Waals surface area contributed by atoms with Crippen LogP contribution in [0.15, 0.2) is 94.1 Å². The zero-order valence-corrected chi connectivity index (χ0v) is 37.8. The minimum absolute atomic E-state index is 0.0235. The standard InChI is InChI=1S/C25H17BrF2O6.C21H11BrF2O4.C2H6/c1-11-6-14(9-29)4-5-15(11)20-16-7-18(27)22(31)12(2)23(16)34-24-17(20)8-19(28)25(21(24)26)33-10-32-13(3)30;1-9-4-10(8-25)2-3-11(9)18-12-5-14(23)16(26)7-17(12)28-21-13(18)6-15(24)20(27)19(21)22;1-2/h4-9H,10H2,1-3H3;2-8,27H,1H3;1-2H3. The topological polar surface area (TPSA) is 150 Å². The van der Waals surface area contributed by atoms with Crippen molar-refractivity contribution < 1.29 is 55.4 Å². The lowest BCUT2D eigenvalue weighted by Crippen LogP contribution is -2.13. The number of aromatic hydroxyl groups is 1.